The van der Waals surface area contributed by atoms with Gasteiger partial charge in [0, 0.05) is 24.2 Å². The van der Waals surface area contributed by atoms with Gasteiger partial charge in [0.1, 0.15) is 11.6 Å². The average molecular weight is 344 g/mol. The van der Waals surface area contributed by atoms with Crippen molar-refractivity contribution in [3.8, 4) is 0 Å². The number of hydrogen-bond acceptors (Lipinski definition) is 3. The van der Waals surface area contributed by atoms with E-state index >= 15 is 0 Å². The summed E-state index contributed by atoms with van der Waals surface area (Å²) in [5.41, 5.74) is 0.703. The summed E-state index contributed by atoms with van der Waals surface area (Å²) in [7, 11) is 1.36. The van der Waals surface area contributed by atoms with Gasteiger partial charge in [0.2, 0.25) is 0 Å². The molecular formula is C18H14F2N2O3. The maximum atomic E-state index is 13.8. The van der Waals surface area contributed by atoms with E-state index in [0.717, 1.165) is 17.0 Å². The summed E-state index contributed by atoms with van der Waals surface area (Å²) in [6.45, 7) is 1.56. The monoisotopic (exact) mass is 344 g/mol. The first-order valence-corrected chi connectivity index (χ1v) is 7.52. The van der Waals surface area contributed by atoms with E-state index in [1.807, 2.05) is 0 Å². The SMILES string of the molecule is CC(NC(=O)c1ccc2c(c1)C(=O)N(C)C2=O)c1ccc(F)cc1F. The maximum Gasteiger partial charge on any atom is 0.261 e. The summed E-state index contributed by atoms with van der Waals surface area (Å²) in [4.78, 5) is 37.2. The van der Waals surface area contributed by atoms with Crippen LogP contribution in [0, 0.1) is 11.6 Å². The lowest BCUT2D eigenvalue weighted by Crippen LogP contribution is -2.27. The molecule has 3 rings (SSSR count). The number of nitrogens with zero attached hydrogens (tertiary/aromatic N) is 1. The third-order valence-electron chi connectivity index (χ3n) is 4.13. The smallest absolute Gasteiger partial charge is 0.261 e. The van der Waals surface area contributed by atoms with Crippen molar-refractivity contribution in [2.24, 2.45) is 0 Å². The Labute approximate surface area is 142 Å². The minimum absolute atomic E-state index is 0.141. The number of fused-ring (bicyclic) bond motifs is 1. The first kappa shape index (κ1) is 16.8. The normalized spacial score (nSPS) is 14.5. The van der Waals surface area contributed by atoms with Crippen LogP contribution in [0.2, 0.25) is 0 Å². The predicted octanol–water partition coefficient (Wildman–Crippen LogP) is 2.68. The zero-order chi connectivity index (χ0) is 18.3. The quantitative estimate of drug-likeness (QED) is 0.871. The van der Waals surface area contributed by atoms with Crippen LogP contribution in [0.3, 0.4) is 0 Å². The van der Waals surface area contributed by atoms with Gasteiger partial charge < -0.3 is 5.32 Å². The number of hydrogen-bond donors (Lipinski definition) is 1. The fourth-order valence-corrected chi connectivity index (χ4v) is 2.71. The Morgan fingerprint density at radius 1 is 1.04 bits per heavy atom. The molecule has 0 bridgehead atoms. The Balaban J connectivity index is 1.83. The lowest BCUT2D eigenvalue weighted by Gasteiger charge is -2.15. The van der Waals surface area contributed by atoms with E-state index in [-0.39, 0.29) is 22.3 Å². The summed E-state index contributed by atoms with van der Waals surface area (Å²) < 4.78 is 26.8. The number of carbonyl (C=O) groups excluding carboxylic acids is 3. The third-order valence-corrected chi connectivity index (χ3v) is 4.13. The molecule has 0 fully saturated rings. The third kappa shape index (κ3) is 2.88. The van der Waals surface area contributed by atoms with Crippen LogP contribution in [0.4, 0.5) is 8.78 Å². The van der Waals surface area contributed by atoms with E-state index in [4.69, 9.17) is 0 Å². The van der Waals surface area contributed by atoms with Crippen LogP contribution < -0.4 is 5.32 Å². The number of benzene rings is 2. The van der Waals surface area contributed by atoms with Gasteiger partial charge in [-0.3, -0.25) is 19.3 Å². The van der Waals surface area contributed by atoms with Crippen LogP contribution in [-0.4, -0.2) is 29.7 Å². The van der Waals surface area contributed by atoms with E-state index in [9.17, 15) is 23.2 Å². The first-order chi connectivity index (χ1) is 11.8. The van der Waals surface area contributed by atoms with Gasteiger partial charge in [-0.25, -0.2) is 8.78 Å². The van der Waals surface area contributed by atoms with E-state index in [0.29, 0.717) is 0 Å². The molecule has 25 heavy (non-hydrogen) atoms. The molecule has 128 valence electrons. The predicted molar refractivity (Wildman–Crippen MR) is 85.1 cm³/mol. The summed E-state index contributed by atoms with van der Waals surface area (Å²) in [6.07, 6.45) is 0. The van der Waals surface area contributed by atoms with Gasteiger partial charge in [0.25, 0.3) is 17.7 Å². The van der Waals surface area contributed by atoms with Crippen LogP contribution >= 0.6 is 0 Å². The first-order valence-electron chi connectivity index (χ1n) is 7.52. The minimum atomic E-state index is -0.760. The Hall–Kier alpha value is -3.09. The van der Waals surface area contributed by atoms with Crippen molar-refractivity contribution in [1.29, 1.82) is 0 Å². The second-order valence-corrected chi connectivity index (χ2v) is 5.79. The van der Waals surface area contributed by atoms with Gasteiger partial charge in [-0.05, 0) is 31.2 Å². The zero-order valence-corrected chi connectivity index (χ0v) is 13.5. The van der Waals surface area contributed by atoms with Crippen molar-refractivity contribution in [3.63, 3.8) is 0 Å². The Morgan fingerprint density at radius 3 is 2.40 bits per heavy atom. The number of nitrogens with one attached hydrogen (secondary N) is 1. The molecule has 5 nitrogen and oxygen atoms in total. The fourth-order valence-electron chi connectivity index (χ4n) is 2.71. The van der Waals surface area contributed by atoms with Gasteiger partial charge in [-0.1, -0.05) is 6.07 Å². The molecule has 0 aliphatic carbocycles. The summed E-state index contributed by atoms with van der Waals surface area (Å²) in [5, 5.41) is 2.59. The molecule has 1 heterocycles. The molecule has 0 spiro atoms. The van der Waals surface area contributed by atoms with Gasteiger partial charge in [0.15, 0.2) is 0 Å². The van der Waals surface area contributed by atoms with Crippen molar-refractivity contribution >= 4 is 17.7 Å². The van der Waals surface area contributed by atoms with E-state index in [1.54, 1.807) is 6.92 Å². The highest BCUT2D eigenvalue weighted by molar-refractivity contribution is 6.21. The molecule has 1 aliphatic rings. The van der Waals surface area contributed by atoms with E-state index < -0.39 is 35.4 Å². The summed E-state index contributed by atoms with van der Waals surface area (Å²) in [5.74, 6) is -2.90. The molecule has 1 N–H and O–H groups in total. The van der Waals surface area contributed by atoms with Gasteiger partial charge in [-0.15, -0.1) is 0 Å². The lowest BCUT2D eigenvalue weighted by atomic mass is 10.0. The standard InChI is InChI=1S/C18H14F2N2O3/c1-9(12-6-4-11(19)8-15(12)20)21-16(23)10-3-5-13-14(7-10)18(25)22(2)17(13)24/h3-9H,1-2H3,(H,21,23). The minimum Gasteiger partial charge on any atom is -0.345 e. The van der Waals surface area contributed by atoms with Gasteiger partial charge in [-0.2, -0.15) is 0 Å². The second kappa shape index (κ2) is 6.08. The zero-order valence-electron chi connectivity index (χ0n) is 13.5. The molecule has 0 radical (unpaired) electrons. The lowest BCUT2D eigenvalue weighted by molar-refractivity contribution is 0.0693. The summed E-state index contributed by atoms with van der Waals surface area (Å²) in [6, 6.07) is 6.58. The molecule has 1 atom stereocenters. The van der Waals surface area contributed by atoms with Gasteiger partial charge >= 0.3 is 0 Å². The molecule has 7 heteroatoms. The molecular weight excluding hydrogens is 330 g/mol. The number of halogens is 2. The van der Waals surface area contributed by atoms with E-state index in [1.165, 1.54) is 31.3 Å². The molecule has 0 aromatic heterocycles. The highest BCUT2D eigenvalue weighted by Crippen LogP contribution is 2.23. The molecule has 0 saturated heterocycles. The average Bonchev–Trinajstić information content (AvgIpc) is 2.79. The van der Waals surface area contributed by atoms with Crippen molar-refractivity contribution in [3.05, 3.63) is 70.3 Å². The highest BCUT2D eigenvalue weighted by Gasteiger charge is 2.33. The van der Waals surface area contributed by atoms with Crippen LogP contribution in [-0.2, 0) is 0 Å². The molecule has 1 aliphatic heterocycles. The number of amides is 3. The van der Waals surface area contributed by atoms with E-state index in [2.05, 4.69) is 5.32 Å². The van der Waals surface area contributed by atoms with Crippen LogP contribution in [0.25, 0.3) is 0 Å². The molecule has 2 aromatic carbocycles. The maximum absolute atomic E-state index is 13.8. The Kier molecular flexibility index (Phi) is 4.08. The molecule has 3 amide bonds. The van der Waals surface area contributed by atoms with Crippen molar-refractivity contribution in [1.82, 2.24) is 10.2 Å². The van der Waals surface area contributed by atoms with Crippen molar-refractivity contribution in [2.45, 2.75) is 13.0 Å². The van der Waals surface area contributed by atoms with Crippen molar-refractivity contribution in [2.75, 3.05) is 7.05 Å². The fraction of sp³-hybridized carbons (Fsp3) is 0.167. The Bertz CT molecular complexity index is 911. The molecule has 2 aromatic rings. The second-order valence-electron chi connectivity index (χ2n) is 5.79. The van der Waals surface area contributed by atoms with Crippen LogP contribution in [0.5, 0.6) is 0 Å². The van der Waals surface area contributed by atoms with Crippen LogP contribution in [0.1, 0.15) is 49.6 Å². The van der Waals surface area contributed by atoms with Crippen LogP contribution in [0.15, 0.2) is 36.4 Å². The molecule has 0 saturated carbocycles. The topological polar surface area (TPSA) is 66.5 Å². The highest BCUT2D eigenvalue weighted by atomic mass is 19.1. The number of carbonyl (C=O) groups is 3. The summed E-state index contributed by atoms with van der Waals surface area (Å²) >= 11 is 0. The Morgan fingerprint density at radius 2 is 1.72 bits per heavy atom. The number of imide groups is 1. The molecule has 1 unspecified atom stereocenters. The largest absolute Gasteiger partial charge is 0.345 e. The van der Waals surface area contributed by atoms with Crippen molar-refractivity contribution < 1.29 is 23.2 Å². The van der Waals surface area contributed by atoms with Gasteiger partial charge in [0.05, 0.1) is 17.2 Å². The number of rotatable bonds is 3.